The van der Waals surface area contributed by atoms with Gasteiger partial charge in [-0.3, -0.25) is 0 Å². The van der Waals surface area contributed by atoms with Crippen molar-refractivity contribution in [1.29, 1.82) is 0 Å². The lowest BCUT2D eigenvalue weighted by molar-refractivity contribution is 0.628. The van der Waals surface area contributed by atoms with E-state index in [1.807, 2.05) is 0 Å². The van der Waals surface area contributed by atoms with Crippen LogP contribution in [0.1, 0.15) is 44.5 Å². The molecule has 4 aliphatic carbocycles. The van der Waals surface area contributed by atoms with Gasteiger partial charge in [0.2, 0.25) is 0 Å². The molecule has 101 heavy (non-hydrogen) atoms. The van der Waals surface area contributed by atoms with E-state index in [9.17, 15) is 0 Å². The third-order valence-electron chi connectivity index (χ3n) is 22.2. The molecule has 22 rings (SSSR count). The van der Waals surface area contributed by atoms with Gasteiger partial charge in [-0.15, -0.1) is 0 Å². The van der Waals surface area contributed by atoms with Crippen molar-refractivity contribution in [1.82, 2.24) is 0 Å². The fourth-order valence-corrected chi connectivity index (χ4v) is 18.2. The number of rotatable bonds is 9. The summed E-state index contributed by atoms with van der Waals surface area (Å²) < 4.78 is 21.5. The second-order valence-electron chi connectivity index (χ2n) is 27.3. The topological polar surface area (TPSA) is 45.9 Å². The molecule has 3 heterocycles. The predicted molar refractivity (Wildman–Crippen MR) is 412 cm³/mol. The number of nitrogens with zero attached hydrogens (tertiary/aromatic N) is 2. The van der Waals surface area contributed by atoms with Crippen molar-refractivity contribution in [3.8, 4) is 78.3 Å². The summed E-state index contributed by atoms with van der Waals surface area (Å²) in [6, 6.07) is 129. The van der Waals surface area contributed by atoms with Crippen LogP contribution < -0.4 is 9.80 Å². The second-order valence-corrected chi connectivity index (χ2v) is 27.3. The summed E-state index contributed by atoms with van der Waals surface area (Å²) in [5.74, 6) is 1.84. The van der Waals surface area contributed by atoms with Crippen LogP contribution in [0.2, 0.25) is 0 Å². The molecule has 0 radical (unpaired) electrons. The van der Waals surface area contributed by atoms with E-state index in [0.717, 1.165) is 134 Å². The fourth-order valence-electron chi connectivity index (χ4n) is 18.2. The molecular formula is C96H58N2O3. The Morgan fingerprint density at radius 1 is 0.208 bits per heavy atom. The van der Waals surface area contributed by atoms with Crippen LogP contribution in [0.5, 0.6) is 0 Å². The van der Waals surface area contributed by atoms with Gasteiger partial charge in [-0.05, 0) is 192 Å². The summed E-state index contributed by atoms with van der Waals surface area (Å²) >= 11 is 0. The van der Waals surface area contributed by atoms with E-state index in [1.165, 1.54) is 66.8 Å². The molecule has 2 spiro atoms. The molecule has 0 saturated carbocycles. The highest BCUT2D eigenvalue weighted by atomic mass is 16.3. The zero-order chi connectivity index (χ0) is 66.1. The molecule has 0 bridgehead atoms. The first-order chi connectivity index (χ1) is 50.1. The van der Waals surface area contributed by atoms with Crippen molar-refractivity contribution < 1.29 is 13.3 Å². The summed E-state index contributed by atoms with van der Waals surface area (Å²) in [5.41, 5.74) is 31.9. The molecule has 0 saturated heterocycles. The molecule has 0 fully saturated rings. The number of anilines is 6. The maximum absolute atomic E-state index is 7.47. The molecule has 0 amide bonds. The first kappa shape index (κ1) is 55.9. The van der Waals surface area contributed by atoms with Gasteiger partial charge < -0.3 is 23.1 Å². The summed E-state index contributed by atoms with van der Waals surface area (Å²) in [4.78, 5) is 4.81. The minimum atomic E-state index is -0.698. The van der Waals surface area contributed by atoms with Crippen molar-refractivity contribution in [3.05, 3.63) is 396 Å². The monoisotopic (exact) mass is 1290 g/mol. The van der Waals surface area contributed by atoms with Gasteiger partial charge in [0.1, 0.15) is 28.3 Å². The molecular weight excluding hydrogens is 1230 g/mol. The van der Waals surface area contributed by atoms with Crippen LogP contribution >= 0.6 is 0 Å². The van der Waals surface area contributed by atoms with Gasteiger partial charge in [-0.1, -0.05) is 249 Å². The van der Waals surface area contributed by atoms with E-state index in [-0.39, 0.29) is 0 Å². The summed E-state index contributed by atoms with van der Waals surface area (Å²) in [6.45, 7) is 0. The number of para-hydroxylation sites is 4. The minimum Gasteiger partial charge on any atom is -0.456 e. The maximum atomic E-state index is 7.47. The average Bonchev–Trinajstić information content (AvgIpc) is 1.50. The molecule has 18 aromatic rings. The summed E-state index contributed by atoms with van der Waals surface area (Å²) in [6.07, 6.45) is 0. The van der Waals surface area contributed by atoms with Gasteiger partial charge in [-0.25, -0.2) is 0 Å². The van der Waals surface area contributed by atoms with Crippen molar-refractivity contribution in [3.63, 3.8) is 0 Å². The lowest BCUT2D eigenvalue weighted by Crippen LogP contribution is -2.26. The Kier molecular flexibility index (Phi) is 11.7. The Bertz CT molecular complexity index is 6380. The number of benzene rings is 15. The normalized spacial score (nSPS) is 14.5. The van der Waals surface area contributed by atoms with Gasteiger partial charge in [-0.2, -0.15) is 0 Å². The van der Waals surface area contributed by atoms with Crippen LogP contribution in [0.25, 0.3) is 122 Å². The standard InChI is InChI=1S/C96H58N2O3/c1-5-24-59(25-6-1)63-52-64(60-26-7-2-8-27-60)54-69(53-63)97(65-28-9-3-10-29-65)67-47-50-76-85(57-67)95(80-38-18-13-32-70(80)71-33-14-19-39-81(71)95)91-78-48-44-62(56-89(78)101-94(76)91)61-45-51-88-79(55-61)74-37-23-42-86(92(74)99-88)98(66-30-11-4-12-31-66)68-46-49-73-72-34-15-20-40-82(72)96(84(73)58-68)83-41-21-16-35-75(83)93-90(96)77-36-17-22-43-87(77)100-93/h1-58H. The zero-order valence-corrected chi connectivity index (χ0v) is 54.6. The number of hydrogen-bond acceptors (Lipinski definition) is 5. The van der Waals surface area contributed by atoms with Gasteiger partial charge in [0.25, 0.3) is 0 Å². The lowest BCUT2D eigenvalue weighted by Gasteiger charge is -2.32. The van der Waals surface area contributed by atoms with Crippen molar-refractivity contribution >= 4 is 78.0 Å². The molecule has 470 valence electrons. The molecule has 15 aromatic carbocycles. The SMILES string of the molecule is c1ccc(-c2cc(-c3ccccc3)cc(N(c3ccccc3)c3ccc4c(c3)C3(c5ccccc5-c5ccccc53)c3c-4oc4cc(-c5ccc6oc7c(N(c8ccccc8)c8ccc9c(c8)C8(c%10ccccc%10-9)c9ccccc9-c9oc%10ccccc%10c98)cccc7c6c5)ccc34)c2)cc1. The van der Waals surface area contributed by atoms with E-state index in [0.29, 0.717) is 0 Å². The summed E-state index contributed by atoms with van der Waals surface area (Å²) in [7, 11) is 0. The fraction of sp³-hybridized carbons (Fsp3) is 0.0208. The molecule has 3 aromatic heterocycles. The molecule has 0 N–H and O–H groups in total. The highest BCUT2D eigenvalue weighted by Gasteiger charge is 2.56. The Morgan fingerprint density at radius 2 is 0.644 bits per heavy atom. The van der Waals surface area contributed by atoms with Crippen LogP contribution in [-0.4, -0.2) is 0 Å². The Morgan fingerprint density at radius 3 is 1.27 bits per heavy atom. The van der Waals surface area contributed by atoms with E-state index in [1.54, 1.807) is 0 Å². The van der Waals surface area contributed by atoms with E-state index >= 15 is 0 Å². The second kappa shape index (κ2) is 21.1. The van der Waals surface area contributed by atoms with E-state index in [4.69, 9.17) is 13.3 Å². The smallest absolute Gasteiger partial charge is 0.159 e. The highest BCUT2D eigenvalue weighted by Crippen LogP contribution is 2.68. The van der Waals surface area contributed by atoms with Crippen LogP contribution in [0, 0.1) is 0 Å². The quantitative estimate of drug-likeness (QED) is 0.144. The highest BCUT2D eigenvalue weighted by molar-refractivity contribution is 6.12. The number of hydrogen-bond donors (Lipinski definition) is 0. The van der Waals surface area contributed by atoms with Gasteiger partial charge in [0.15, 0.2) is 5.58 Å². The van der Waals surface area contributed by atoms with Gasteiger partial charge in [0, 0.05) is 72.2 Å². The van der Waals surface area contributed by atoms with E-state index in [2.05, 4.69) is 362 Å². The first-order valence-electron chi connectivity index (χ1n) is 34.8. The van der Waals surface area contributed by atoms with Crippen molar-refractivity contribution in [2.45, 2.75) is 10.8 Å². The van der Waals surface area contributed by atoms with Crippen LogP contribution in [-0.2, 0) is 10.8 Å². The van der Waals surface area contributed by atoms with E-state index < -0.39 is 10.8 Å². The zero-order valence-electron chi connectivity index (χ0n) is 54.6. The largest absolute Gasteiger partial charge is 0.456 e. The Labute approximate surface area is 583 Å². The number of furan rings is 3. The Balaban J connectivity index is 0.687. The van der Waals surface area contributed by atoms with Gasteiger partial charge >= 0.3 is 0 Å². The summed E-state index contributed by atoms with van der Waals surface area (Å²) in [5, 5.41) is 4.29. The molecule has 0 aliphatic heterocycles. The minimum absolute atomic E-state index is 0.621. The molecule has 5 nitrogen and oxygen atoms in total. The van der Waals surface area contributed by atoms with Crippen LogP contribution in [0.3, 0.4) is 0 Å². The molecule has 5 heteroatoms. The van der Waals surface area contributed by atoms with Crippen LogP contribution in [0.15, 0.2) is 365 Å². The van der Waals surface area contributed by atoms with Gasteiger partial charge in [0.05, 0.1) is 16.5 Å². The molecule has 1 unspecified atom stereocenters. The first-order valence-corrected chi connectivity index (χ1v) is 34.8. The third-order valence-corrected chi connectivity index (χ3v) is 22.2. The third kappa shape index (κ3) is 7.75. The average molecular weight is 1290 g/mol. The number of fused-ring (bicyclic) bond motifs is 27. The van der Waals surface area contributed by atoms with Crippen LogP contribution in [0.4, 0.5) is 34.1 Å². The van der Waals surface area contributed by atoms with Crippen molar-refractivity contribution in [2.75, 3.05) is 9.80 Å². The maximum Gasteiger partial charge on any atom is 0.159 e. The lowest BCUT2D eigenvalue weighted by atomic mass is 9.70. The molecule has 4 aliphatic rings. The Hall–Kier alpha value is -13.2. The predicted octanol–water partition coefficient (Wildman–Crippen LogP) is 25.7. The molecule has 1 atom stereocenters. The van der Waals surface area contributed by atoms with Crippen molar-refractivity contribution in [2.24, 2.45) is 0 Å².